The average molecular weight is 224 g/mol. The Kier molecular flexibility index (Phi) is 4.34. The second kappa shape index (κ2) is 5.53. The minimum Gasteiger partial charge on any atom is -0.338 e. The van der Waals surface area contributed by atoms with Crippen molar-refractivity contribution in [1.82, 2.24) is 20.4 Å². The number of rotatable bonds is 4. The largest absolute Gasteiger partial charge is 0.338 e. The smallest absolute Gasteiger partial charge is 0.315 e. The van der Waals surface area contributed by atoms with Crippen molar-refractivity contribution < 1.29 is 4.79 Å². The van der Waals surface area contributed by atoms with Crippen molar-refractivity contribution in [1.29, 1.82) is 0 Å². The molecule has 0 bridgehead atoms. The lowest BCUT2D eigenvalue weighted by molar-refractivity contribution is 0.231. The number of aryl methyl sites for hydroxylation is 1. The summed E-state index contributed by atoms with van der Waals surface area (Å²) in [6.45, 7) is 7.34. The van der Waals surface area contributed by atoms with Crippen LogP contribution in [0.1, 0.15) is 27.2 Å². The summed E-state index contributed by atoms with van der Waals surface area (Å²) < 4.78 is 1.85. The first-order chi connectivity index (χ1) is 7.47. The Hall–Kier alpha value is -1.52. The predicted molar refractivity (Wildman–Crippen MR) is 63.1 cm³/mol. The van der Waals surface area contributed by atoms with E-state index in [2.05, 4.69) is 15.7 Å². The van der Waals surface area contributed by atoms with Crippen LogP contribution in [-0.2, 0) is 6.54 Å². The van der Waals surface area contributed by atoms with Crippen LogP contribution in [0.4, 0.5) is 4.79 Å². The van der Waals surface area contributed by atoms with E-state index in [1.54, 1.807) is 6.20 Å². The van der Waals surface area contributed by atoms with E-state index in [-0.39, 0.29) is 11.6 Å². The number of carbonyl (C=O) groups is 1. The molecule has 1 aromatic heterocycles. The van der Waals surface area contributed by atoms with E-state index in [0.29, 0.717) is 6.54 Å². The molecular weight excluding hydrogens is 204 g/mol. The molecule has 5 heteroatoms. The standard InChI is InChI=1S/C11H20N4O/c1-11(2,3)14-10(16)12-6-4-8-15-9-5-7-13-15/h5,7,9H,4,6,8H2,1-3H3,(H2,12,14,16). The van der Waals surface area contributed by atoms with Gasteiger partial charge in [0.2, 0.25) is 0 Å². The number of hydrogen-bond acceptors (Lipinski definition) is 2. The number of hydrogen-bond donors (Lipinski definition) is 2. The maximum atomic E-state index is 11.4. The number of nitrogens with zero attached hydrogens (tertiary/aromatic N) is 2. The molecule has 1 aromatic rings. The van der Waals surface area contributed by atoms with Crippen molar-refractivity contribution >= 4 is 6.03 Å². The van der Waals surface area contributed by atoms with Gasteiger partial charge in [-0.15, -0.1) is 0 Å². The van der Waals surface area contributed by atoms with E-state index in [1.165, 1.54) is 0 Å². The highest BCUT2D eigenvalue weighted by molar-refractivity contribution is 5.74. The van der Waals surface area contributed by atoms with Crippen LogP contribution in [0.25, 0.3) is 0 Å². The molecule has 90 valence electrons. The molecule has 0 saturated heterocycles. The van der Waals surface area contributed by atoms with Crippen LogP contribution in [-0.4, -0.2) is 27.9 Å². The zero-order chi connectivity index (χ0) is 12.0. The zero-order valence-electron chi connectivity index (χ0n) is 10.2. The molecule has 0 unspecified atom stereocenters. The third-order valence-corrected chi connectivity index (χ3v) is 1.90. The number of amides is 2. The molecule has 0 aliphatic heterocycles. The van der Waals surface area contributed by atoms with Gasteiger partial charge < -0.3 is 10.6 Å². The average Bonchev–Trinajstić information content (AvgIpc) is 2.62. The van der Waals surface area contributed by atoms with Gasteiger partial charge in [-0.25, -0.2) is 4.79 Å². The molecule has 2 amide bonds. The molecule has 16 heavy (non-hydrogen) atoms. The molecule has 5 nitrogen and oxygen atoms in total. The van der Waals surface area contributed by atoms with Crippen molar-refractivity contribution in [2.24, 2.45) is 0 Å². The van der Waals surface area contributed by atoms with Gasteiger partial charge in [-0.1, -0.05) is 0 Å². The van der Waals surface area contributed by atoms with Crippen LogP contribution < -0.4 is 10.6 Å². The van der Waals surface area contributed by atoms with Crippen LogP contribution in [0.5, 0.6) is 0 Å². The summed E-state index contributed by atoms with van der Waals surface area (Å²) in [5.74, 6) is 0. The highest BCUT2D eigenvalue weighted by Crippen LogP contribution is 1.97. The SMILES string of the molecule is CC(C)(C)NC(=O)NCCCn1cccn1. The summed E-state index contributed by atoms with van der Waals surface area (Å²) in [7, 11) is 0. The summed E-state index contributed by atoms with van der Waals surface area (Å²) in [5, 5.41) is 9.73. The first-order valence-electron chi connectivity index (χ1n) is 5.51. The summed E-state index contributed by atoms with van der Waals surface area (Å²) in [6.07, 6.45) is 4.54. The van der Waals surface area contributed by atoms with E-state index < -0.39 is 0 Å². The molecule has 0 atom stereocenters. The van der Waals surface area contributed by atoms with Gasteiger partial charge in [0.25, 0.3) is 0 Å². The lowest BCUT2D eigenvalue weighted by atomic mass is 10.1. The molecule has 0 aliphatic carbocycles. The van der Waals surface area contributed by atoms with Crippen molar-refractivity contribution in [3.63, 3.8) is 0 Å². The number of urea groups is 1. The summed E-state index contributed by atoms with van der Waals surface area (Å²) in [6, 6.07) is 1.77. The van der Waals surface area contributed by atoms with Crippen LogP contribution in [0.15, 0.2) is 18.5 Å². The highest BCUT2D eigenvalue weighted by atomic mass is 16.2. The Morgan fingerprint density at radius 2 is 2.19 bits per heavy atom. The van der Waals surface area contributed by atoms with Crippen LogP contribution in [0.2, 0.25) is 0 Å². The fourth-order valence-corrected chi connectivity index (χ4v) is 1.26. The van der Waals surface area contributed by atoms with Gasteiger partial charge in [0.1, 0.15) is 0 Å². The quantitative estimate of drug-likeness (QED) is 0.759. The maximum Gasteiger partial charge on any atom is 0.315 e. The maximum absolute atomic E-state index is 11.4. The molecule has 0 radical (unpaired) electrons. The highest BCUT2D eigenvalue weighted by Gasteiger charge is 2.12. The van der Waals surface area contributed by atoms with Gasteiger partial charge in [0.05, 0.1) is 0 Å². The molecule has 1 rings (SSSR count). The second-order valence-electron chi connectivity index (χ2n) is 4.75. The minimum atomic E-state index is -0.188. The normalized spacial score (nSPS) is 11.2. The Morgan fingerprint density at radius 3 is 2.75 bits per heavy atom. The van der Waals surface area contributed by atoms with E-state index >= 15 is 0 Å². The number of nitrogens with one attached hydrogen (secondary N) is 2. The van der Waals surface area contributed by atoms with Gasteiger partial charge >= 0.3 is 6.03 Å². The zero-order valence-corrected chi connectivity index (χ0v) is 10.2. The molecule has 2 N–H and O–H groups in total. The Labute approximate surface area is 96.2 Å². The summed E-state index contributed by atoms with van der Waals surface area (Å²) in [5.41, 5.74) is -0.188. The van der Waals surface area contributed by atoms with Crippen molar-refractivity contribution in [3.8, 4) is 0 Å². The van der Waals surface area contributed by atoms with Crippen LogP contribution in [0.3, 0.4) is 0 Å². The Balaban J connectivity index is 2.09. The van der Waals surface area contributed by atoms with E-state index in [9.17, 15) is 4.79 Å². The van der Waals surface area contributed by atoms with Gasteiger partial charge in [-0.2, -0.15) is 5.10 Å². The van der Waals surface area contributed by atoms with Crippen molar-refractivity contribution in [2.45, 2.75) is 39.3 Å². The Morgan fingerprint density at radius 1 is 1.44 bits per heavy atom. The second-order valence-corrected chi connectivity index (χ2v) is 4.75. The molecule has 1 heterocycles. The molecule has 0 saturated carbocycles. The fourth-order valence-electron chi connectivity index (χ4n) is 1.26. The molecule has 0 spiro atoms. The van der Waals surface area contributed by atoms with E-state index in [4.69, 9.17) is 0 Å². The molecule has 0 fully saturated rings. The first-order valence-corrected chi connectivity index (χ1v) is 5.51. The molecule has 0 aromatic carbocycles. The van der Waals surface area contributed by atoms with Gasteiger partial charge in [-0.05, 0) is 33.3 Å². The van der Waals surface area contributed by atoms with Crippen molar-refractivity contribution in [2.75, 3.05) is 6.54 Å². The summed E-state index contributed by atoms with van der Waals surface area (Å²) in [4.78, 5) is 11.4. The van der Waals surface area contributed by atoms with Gasteiger partial charge in [0, 0.05) is 31.0 Å². The summed E-state index contributed by atoms with van der Waals surface area (Å²) >= 11 is 0. The topological polar surface area (TPSA) is 59.0 Å². The van der Waals surface area contributed by atoms with Gasteiger partial charge in [-0.3, -0.25) is 4.68 Å². The van der Waals surface area contributed by atoms with Crippen LogP contribution >= 0.6 is 0 Å². The predicted octanol–water partition coefficient (Wildman–Crippen LogP) is 1.37. The third-order valence-electron chi connectivity index (χ3n) is 1.90. The van der Waals surface area contributed by atoms with Gasteiger partial charge in [0.15, 0.2) is 0 Å². The Bertz CT molecular complexity index is 313. The van der Waals surface area contributed by atoms with E-state index in [1.807, 2.05) is 37.7 Å². The third kappa shape index (κ3) is 5.38. The monoisotopic (exact) mass is 224 g/mol. The number of aromatic nitrogens is 2. The van der Waals surface area contributed by atoms with Crippen molar-refractivity contribution in [3.05, 3.63) is 18.5 Å². The first kappa shape index (κ1) is 12.5. The minimum absolute atomic E-state index is 0.118. The molecule has 0 aliphatic rings. The number of carbonyl (C=O) groups excluding carboxylic acids is 1. The lowest BCUT2D eigenvalue weighted by Gasteiger charge is -2.20. The molecular formula is C11H20N4O. The van der Waals surface area contributed by atoms with Crippen LogP contribution in [0, 0.1) is 0 Å². The van der Waals surface area contributed by atoms with E-state index in [0.717, 1.165) is 13.0 Å². The fraction of sp³-hybridized carbons (Fsp3) is 0.636. The lowest BCUT2D eigenvalue weighted by Crippen LogP contribution is -2.46.